The van der Waals surface area contributed by atoms with Gasteiger partial charge in [-0.1, -0.05) is 24.3 Å². The first-order chi connectivity index (χ1) is 9.58. The highest BCUT2D eigenvalue weighted by Gasteiger charge is 2.12. The molecule has 0 fully saturated rings. The quantitative estimate of drug-likeness (QED) is 0.888. The van der Waals surface area contributed by atoms with Crippen LogP contribution in [0.25, 0.3) is 0 Å². The summed E-state index contributed by atoms with van der Waals surface area (Å²) in [6, 6.07) is 8.06. The summed E-state index contributed by atoms with van der Waals surface area (Å²) >= 11 is 1.42. The highest BCUT2D eigenvalue weighted by molar-refractivity contribution is 7.09. The van der Waals surface area contributed by atoms with E-state index in [4.69, 9.17) is 5.73 Å². The third-order valence-corrected chi connectivity index (χ3v) is 4.13. The summed E-state index contributed by atoms with van der Waals surface area (Å²) in [5.74, 6) is -0.137. The average molecular weight is 289 g/mol. The Morgan fingerprint density at radius 2 is 2.20 bits per heavy atom. The molecule has 2 aromatic rings. The van der Waals surface area contributed by atoms with Gasteiger partial charge in [0.05, 0.1) is 6.04 Å². The number of amides is 1. The summed E-state index contributed by atoms with van der Waals surface area (Å²) < 4.78 is 0. The van der Waals surface area contributed by atoms with Crippen molar-refractivity contribution >= 4 is 17.2 Å². The second kappa shape index (κ2) is 6.63. The van der Waals surface area contributed by atoms with E-state index < -0.39 is 0 Å². The highest BCUT2D eigenvalue weighted by atomic mass is 32.1. The third-order valence-electron chi connectivity index (χ3n) is 3.09. The first-order valence-electron chi connectivity index (χ1n) is 6.61. The molecule has 1 heterocycles. The van der Waals surface area contributed by atoms with Crippen molar-refractivity contribution in [3.8, 4) is 0 Å². The van der Waals surface area contributed by atoms with Gasteiger partial charge >= 0.3 is 0 Å². The van der Waals surface area contributed by atoms with Gasteiger partial charge in [-0.3, -0.25) is 4.79 Å². The third kappa shape index (κ3) is 3.65. The van der Waals surface area contributed by atoms with E-state index in [-0.39, 0.29) is 11.9 Å². The summed E-state index contributed by atoms with van der Waals surface area (Å²) in [7, 11) is 0. The van der Waals surface area contributed by atoms with Gasteiger partial charge in [0, 0.05) is 11.9 Å². The van der Waals surface area contributed by atoms with Crippen molar-refractivity contribution in [3.05, 3.63) is 51.5 Å². The minimum absolute atomic E-state index is 0.131. The van der Waals surface area contributed by atoms with Crippen LogP contribution in [0.5, 0.6) is 0 Å². The maximum atomic E-state index is 11.9. The van der Waals surface area contributed by atoms with Gasteiger partial charge in [-0.05, 0) is 31.4 Å². The number of nitrogens with two attached hydrogens (primary N) is 1. The molecule has 20 heavy (non-hydrogen) atoms. The number of aryl methyl sites for hydroxylation is 1. The largest absolute Gasteiger partial charge is 0.350 e. The lowest BCUT2D eigenvalue weighted by molar-refractivity contribution is 0.0949. The summed E-state index contributed by atoms with van der Waals surface area (Å²) in [5.41, 5.74) is 8.68. The molecule has 106 valence electrons. The molecule has 1 atom stereocenters. The van der Waals surface area contributed by atoms with Gasteiger partial charge in [-0.2, -0.15) is 0 Å². The molecule has 3 N–H and O–H groups in total. The van der Waals surface area contributed by atoms with Crippen molar-refractivity contribution in [2.75, 3.05) is 6.54 Å². The first-order valence-corrected chi connectivity index (χ1v) is 7.49. The lowest BCUT2D eigenvalue weighted by Crippen LogP contribution is -2.26. The predicted octanol–water partition coefficient (Wildman–Crippen LogP) is 2.44. The topological polar surface area (TPSA) is 68.0 Å². The van der Waals surface area contributed by atoms with Gasteiger partial charge in [0.2, 0.25) is 0 Å². The Morgan fingerprint density at radius 1 is 1.45 bits per heavy atom. The number of hydrogen-bond acceptors (Lipinski definition) is 4. The molecule has 1 unspecified atom stereocenters. The molecular formula is C15H19N3OS. The fourth-order valence-corrected chi connectivity index (χ4v) is 2.65. The number of thiazole rings is 1. The molecule has 0 spiro atoms. The zero-order chi connectivity index (χ0) is 14.5. The monoisotopic (exact) mass is 289 g/mol. The molecule has 1 amide bonds. The van der Waals surface area contributed by atoms with Crippen molar-refractivity contribution in [1.82, 2.24) is 10.3 Å². The second-order valence-corrected chi connectivity index (χ2v) is 5.68. The SMILES string of the molecule is Cc1ccccc1CCNC(=O)c1csc(C(C)N)n1. The van der Waals surface area contributed by atoms with Crippen LogP contribution >= 0.6 is 11.3 Å². The maximum Gasteiger partial charge on any atom is 0.270 e. The normalized spacial score (nSPS) is 12.2. The van der Waals surface area contributed by atoms with E-state index >= 15 is 0 Å². The van der Waals surface area contributed by atoms with E-state index in [1.807, 2.05) is 19.1 Å². The van der Waals surface area contributed by atoms with Crippen LogP contribution in [-0.2, 0) is 6.42 Å². The van der Waals surface area contributed by atoms with Gasteiger partial charge in [0.25, 0.3) is 5.91 Å². The number of hydrogen-bond donors (Lipinski definition) is 2. The molecule has 0 saturated carbocycles. The Hall–Kier alpha value is -1.72. The number of carbonyl (C=O) groups excluding carboxylic acids is 1. The summed E-state index contributed by atoms with van der Waals surface area (Å²) in [6.45, 7) is 4.54. The fourth-order valence-electron chi connectivity index (χ4n) is 1.89. The van der Waals surface area contributed by atoms with Gasteiger partial charge < -0.3 is 11.1 Å². The Balaban J connectivity index is 1.87. The summed E-state index contributed by atoms with van der Waals surface area (Å²) in [5, 5.41) is 5.43. The molecule has 1 aromatic heterocycles. The molecule has 0 aliphatic carbocycles. The molecule has 1 aromatic carbocycles. The molecule has 5 heteroatoms. The molecule has 0 radical (unpaired) electrons. The molecule has 0 aliphatic rings. The van der Waals surface area contributed by atoms with E-state index in [1.54, 1.807) is 5.38 Å². The zero-order valence-corrected chi connectivity index (χ0v) is 12.5. The van der Waals surface area contributed by atoms with Crippen molar-refractivity contribution in [1.29, 1.82) is 0 Å². The molecule has 0 aliphatic heterocycles. The van der Waals surface area contributed by atoms with Crippen molar-refractivity contribution in [2.45, 2.75) is 26.3 Å². The van der Waals surface area contributed by atoms with E-state index in [9.17, 15) is 4.79 Å². The van der Waals surface area contributed by atoms with Crippen LogP contribution in [-0.4, -0.2) is 17.4 Å². The van der Waals surface area contributed by atoms with Gasteiger partial charge in [-0.15, -0.1) is 11.3 Å². The molecule has 2 rings (SSSR count). The van der Waals surface area contributed by atoms with Gasteiger partial charge in [0.1, 0.15) is 10.7 Å². The van der Waals surface area contributed by atoms with Crippen molar-refractivity contribution < 1.29 is 4.79 Å². The average Bonchev–Trinajstić information content (AvgIpc) is 2.91. The van der Waals surface area contributed by atoms with Crippen LogP contribution in [0, 0.1) is 6.92 Å². The number of aromatic nitrogens is 1. The Labute approximate surface area is 123 Å². The summed E-state index contributed by atoms with van der Waals surface area (Å²) in [6.07, 6.45) is 0.822. The lowest BCUT2D eigenvalue weighted by Gasteiger charge is -2.06. The van der Waals surface area contributed by atoms with Crippen LogP contribution in [0.2, 0.25) is 0 Å². The lowest BCUT2D eigenvalue weighted by atomic mass is 10.1. The number of rotatable bonds is 5. The Bertz CT molecular complexity index is 592. The Morgan fingerprint density at radius 3 is 2.85 bits per heavy atom. The van der Waals surface area contributed by atoms with Crippen LogP contribution in [0.4, 0.5) is 0 Å². The molecule has 0 bridgehead atoms. The van der Waals surface area contributed by atoms with Crippen LogP contribution in [0.1, 0.15) is 39.6 Å². The summed E-state index contributed by atoms with van der Waals surface area (Å²) in [4.78, 5) is 16.2. The van der Waals surface area contributed by atoms with Crippen LogP contribution < -0.4 is 11.1 Å². The molecule has 0 saturated heterocycles. The standard InChI is InChI=1S/C15H19N3OS/c1-10-5-3-4-6-12(10)7-8-17-14(19)13-9-20-15(18-13)11(2)16/h3-6,9,11H,7-8,16H2,1-2H3,(H,17,19). The first kappa shape index (κ1) is 14.7. The number of benzene rings is 1. The van der Waals surface area contributed by atoms with E-state index in [0.717, 1.165) is 11.4 Å². The smallest absolute Gasteiger partial charge is 0.270 e. The Kier molecular flexibility index (Phi) is 4.87. The molecular weight excluding hydrogens is 270 g/mol. The minimum atomic E-state index is -0.137. The van der Waals surface area contributed by atoms with E-state index in [1.165, 1.54) is 22.5 Å². The van der Waals surface area contributed by atoms with Crippen LogP contribution in [0.15, 0.2) is 29.6 Å². The predicted molar refractivity (Wildman–Crippen MR) is 81.9 cm³/mol. The minimum Gasteiger partial charge on any atom is -0.350 e. The van der Waals surface area contributed by atoms with Crippen LogP contribution in [0.3, 0.4) is 0 Å². The van der Waals surface area contributed by atoms with Crippen molar-refractivity contribution in [3.63, 3.8) is 0 Å². The van der Waals surface area contributed by atoms with Gasteiger partial charge in [-0.25, -0.2) is 4.98 Å². The zero-order valence-electron chi connectivity index (χ0n) is 11.7. The van der Waals surface area contributed by atoms with Crippen molar-refractivity contribution in [2.24, 2.45) is 5.73 Å². The second-order valence-electron chi connectivity index (χ2n) is 4.79. The number of carbonyl (C=O) groups is 1. The molecule has 4 nitrogen and oxygen atoms in total. The number of nitrogens with zero attached hydrogens (tertiary/aromatic N) is 1. The van der Waals surface area contributed by atoms with E-state index in [2.05, 4.69) is 29.4 Å². The van der Waals surface area contributed by atoms with E-state index in [0.29, 0.717) is 12.2 Å². The fraction of sp³-hybridized carbons (Fsp3) is 0.333. The maximum absolute atomic E-state index is 11.9. The van der Waals surface area contributed by atoms with Gasteiger partial charge in [0.15, 0.2) is 0 Å². The highest BCUT2D eigenvalue weighted by Crippen LogP contribution is 2.15. The number of nitrogens with one attached hydrogen (secondary N) is 1.